The topological polar surface area (TPSA) is 112 Å². The number of nitrogens with zero attached hydrogens (tertiary/aromatic N) is 4. The normalized spacial score (nSPS) is 16.6. The van der Waals surface area contributed by atoms with Crippen molar-refractivity contribution < 1.29 is 14.7 Å². The number of carbonyl (C=O) groups excluding carboxylic acids is 1. The molecule has 1 fully saturated rings. The first kappa shape index (κ1) is 21.0. The molecule has 2 heterocycles. The van der Waals surface area contributed by atoms with Gasteiger partial charge >= 0.3 is 5.97 Å². The van der Waals surface area contributed by atoms with E-state index >= 15 is 0 Å². The zero-order valence-corrected chi connectivity index (χ0v) is 16.9. The highest BCUT2D eigenvalue weighted by Gasteiger charge is 2.32. The molecule has 1 aliphatic rings. The van der Waals surface area contributed by atoms with Crippen LogP contribution in [0.3, 0.4) is 0 Å². The van der Waals surface area contributed by atoms with E-state index < -0.39 is 11.9 Å². The molecule has 29 heavy (non-hydrogen) atoms. The van der Waals surface area contributed by atoms with Gasteiger partial charge in [0.05, 0.1) is 5.92 Å². The number of carbonyl (C=O) groups is 2. The molecule has 1 aliphatic heterocycles. The second-order valence-corrected chi connectivity index (χ2v) is 7.72. The Morgan fingerprint density at radius 3 is 2.62 bits per heavy atom. The Morgan fingerprint density at radius 2 is 2.00 bits per heavy atom. The molecule has 2 aromatic rings. The number of aromatic nitrogens is 4. The average molecular weight is 399 g/mol. The van der Waals surface area contributed by atoms with Crippen LogP contribution in [0.15, 0.2) is 24.3 Å². The van der Waals surface area contributed by atoms with Gasteiger partial charge in [0.2, 0.25) is 5.91 Å². The van der Waals surface area contributed by atoms with Gasteiger partial charge in [-0.1, -0.05) is 42.8 Å². The molecule has 0 spiro atoms. The molecule has 1 amide bonds. The third kappa shape index (κ3) is 5.62. The van der Waals surface area contributed by atoms with Gasteiger partial charge in [0.15, 0.2) is 5.82 Å². The first-order chi connectivity index (χ1) is 14.1. The fraction of sp³-hybridized carbons (Fsp3) is 0.571. The fourth-order valence-corrected chi connectivity index (χ4v) is 4.01. The highest BCUT2D eigenvalue weighted by Crippen LogP contribution is 2.30. The smallest absolute Gasteiger partial charge is 0.307 e. The van der Waals surface area contributed by atoms with Gasteiger partial charge in [-0.3, -0.25) is 9.59 Å². The molecule has 0 radical (unpaired) electrons. The summed E-state index contributed by atoms with van der Waals surface area (Å²) in [6, 6.07) is 8.19. The van der Waals surface area contributed by atoms with Crippen LogP contribution in [-0.2, 0) is 22.4 Å². The average Bonchev–Trinajstić information content (AvgIpc) is 3.25. The van der Waals surface area contributed by atoms with Gasteiger partial charge in [0.25, 0.3) is 0 Å². The predicted molar refractivity (Wildman–Crippen MR) is 107 cm³/mol. The lowest BCUT2D eigenvalue weighted by Crippen LogP contribution is -2.36. The Morgan fingerprint density at radius 1 is 1.24 bits per heavy atom. The van der Waals surface area contributed by atoms with E-state index in [4.69, 9.17) is 0 Å². The van der Waals surface area contributed by atoms with E-state index in [1.54, 1.807) is 0 Å². The van der Waals surface area contributed by atoms with Gasteiger partial charge < -0.3 is 10.0 Å². The number of aliphatic carboxylic acids is 1. The molecule has 1 saturated heterocycles. The van der Waals surface area contributed by atoms with Crippen LogP contribution in [0.2, 0.25) is 0 Å². The van der Waals surface area contributed by atoms with Crippen LogP contribution in [0, 0.1) is 5.92 Å². The number of hydrogen-bond acceptors (Lipinski definition) is 5. The maximum Gasteiger partial charge on any atom is 0.307 e. The molecule has 0 unspecified atom stereocenters. The molecule has 2 atom stereocenters. The molecule has 0 saturated carbocycles. The number of carboxylic acid groups (broad SMARTS) is 1. The van der Waals surface area contributed by atoms with Gasteiger partial charge in [-0.15, -0.1) is 10.2 Å². The number of amides is 1. The van der Waals surface area contributed by atoms with Gasteiger partial charge in [-0.25, -0.2) is 0 Å². The third-order valence-corrected chi connectivity index (χ3v) is 5.67. The lowest BCUT2D eigenvalue weighted by atomic mass is 9.83. The Bertz CT molecular complexity index is 791. The number of hydrogen-bond donors (Lipinski definition) is 2. The zero-order valence-electron chi connectivity index (χ0n) is 16.9. The number of H-pyrrole nitrogens is 1. The number of benzene rings is 1. The molecule has 8 heteroatoms. The second kappa shape index (κ2) is 10.1. The Kier molecular flexibility index (Phi) is 7.32. The summed E-state index contributed by atoms with van der Waals surface area (Å²) < 4.78 is 0. The first-order valence-electron chi connectivity index (χ1n) is 10.4. The number of carboxylic acids is 1. The number of tetrazole rings is 1. The number of piperidine rings is 1. The monoisotopic (exact) mass is 399 g/mol. The summed E-state index contributed by atoms with van der Waals surface area (Å²) in [5, 5.41) is 23.9. The highest BCUT2D eigenvalue weighted by atomic mass is 16.4. The summed E-state index contributed by atoms with van der Waals surface area (Å²) in [6.45, 7) is 3.59. The minimum atomic E-state index is -0.829. The molecular weight excluding hydrogens is 370 g/mol. The van der Waals surface area contributed by atoms with Crippen molar-refractivity contribution in [2.24, 2.45) is 5.92 Å². The Hall–Kier alpha value is -2.77. The third-order valence-electron chi connectivity index (χ3n) is 5.67. The van der Waals surface area contributed by atoms with Gasteiger partial charge in [0.1, 0.15) is 0 Å². The Labute approximate surface area is 170 Å². The molecule has 0 bridgehead atoms. The minimum absolute atomic E-state index is 0.256. The summed E-state index contributed by atoms with van der Waals surface area (Å²) in [5.74, 6) is -1.01. The van der Waals surface area contributed by atoms with Crippen molar-refractivity contribution in [2.75, 3.05) is 13.1 Å². The van der Waals surface area contributed by atoms with Crippen molar-refractivity contribution in [3.05, 3.63) is 41.2 Å². The van der Waals surface area contributed by atoms with Crippen LogP contribution in [-0.4, -0.2) is 55.6 Å². The summed E-state index contributed by atoms with van der Waals surface area (Å²) in [7, 11) is 0. The number of rotatable bonds is 10. The van der Waals surface area contributed by atoms with Crippen LogP contribution in [0.1, 0.15) is 61.9 Å². The van der Waals surface area contributed by atoms with Gasteiger partial charge in [-0.05, 0) is 43.2 Å². The maximum absolute atomic E-state index is 11.9. The van der Waals surface area contributed by atoms with E-state index in [0.29, 0.717) is 25.1 Å². The summed E-state index contributed by atoms with van der Waals surface area (Å²) in [5.41, 5.74) is 2.21. The molecule has 1 aromatic carbocycles. The van der Waals surface area contributed by atoms with E-state index in [-0.39, 0.29) is 11.8 Å². The highest BCUT2D eigenvalue weighted by molar-refractivity contribution is 5.76. The summed E-state index contributed by atoms with van der Waals surface area (Å²) in [6.07, 6.45) is 5.47. The van der Waals surface area contributed by atoms with Crippen LogP contribution in [0.5, 0.6) is 0 Å². The number of aromatic amines is 1. The van der Waals surface area contributed by atoms with Crippen LogP contribution in [0.25, 0.3) is 0 Å². The number of nitrogens with one attached hydrogen (secondary N) is 1. The molecule has 2 N–H and O–H groups in total. The van der Waals surface area contributed by atoms with Crippen LogP contribution < -0.4 is 0 Å². The van der Waals surface area contributed by atoms with E-state index in [1.165, 1.54) is 5.56 Å². The van der Waals surface area contributed by atoms with Crippen molar-refractivity contribution in [3.63, 3.8) is 0 Å². The van der Waals surface area contributed by atoms with E-state index in [9.17, 15) is 14.7 Å². The van der Waals surface area contributed by atoms with Crippen molar-refractivity contribution >= 4 is 11.9 Å². The van der Waals surface area contributed by atoms with Crippen molar-refractivity contribution in [3.8, 4) is 0 Å². The fourth-order valence-electron chi connectivity index (χ4n) is 4.01. The van der Waals surface area contributed by atoms with E-state index in [0.717, 1.165) is 44.3 Å². The van der Waals surface area contributed by atoms with Crippen LogP contribution >= 0.6 is 0 Å². The van der Waals surface area contributed by atoms with Crippen LogP contribution in [0.4, 0.5) is 0 Å². The molecule has 156 valence electrons. The van der Waals surface area contributed by atoms with Crippen molar-refractivity contribution in [1.29, 1.82) is 0 Å². The van der Waals surface area contributed by atoms with Crippen molar-refractivity contribution in [1.82, 2.24) is 25.5 Å². The first-order valence-corrected chi connectivity index (χ1v) is 10.4. The lowest BCUT2D eigenvalue weighted by molar-refractivity contribution is -0.143. The van der Waals surface area contributed by atoms with Gasteiger partial charge in [0, 0.05) is 25.4 Å². The largest absolute Gasteiger partial charge is 0.481 e. The summed E-state index contributed by atoms with van der Waals surface area (Å²) >= 11 is 0. The van der Waals surface area contributed by atoms with Crippen molar-refractivity contribution in [2.45, 2.75) is 57.8 Å². The van der Waals surface area contributed by atoms with E-state index in [2.05, 4.69) is 32.8 Å². The maximum atomic E-state index is 11.9. The Balaban J connectivity index is 1.65. The quantitative estimate of drug-likeness (QED) is 0.635. The standard InChI is InChI=1S/C21H29N5O3/c1-2-5-17(21(28)29)18(20-22-24-25-23-20)14-16-9-7-15(8-10-16)11-13-26-12-4-3-6-19(26)27/h7-10,17-18H,2-6,11-14H2,1H3,(H,28,29)(H,22,23,24,25)/t17-,18-/m0/s1. The molecule has 0 aliphatic carbocycles. The van der Waals surface area contributed by atoms with Gasteiger partial charge in [-0.2, -0.15) is 5.21 Å². The molecule has 3 rings (SSSR count). The predicted octanol–water partition coefficient (Wildman–Crippen LogP) is 2.58. The lowest BCUT2D eigenvalue weighted by Gasteiger charge is -2.26. The second-order valence-electron chi connectivity index (χ2n) is 7.72. The zero-order chi connectivity index (χ0) is 20.6. The SMILES string of the molecule is CCC[C@H](C(=O)O)[C@H](Cc1ccc(CCN2CCCCC2=O)cc1)c1nn[nH]n1. The molecule has 1 aromatic heterocycles. The summed E-state index contributed by atoms with van der Waals surface area (Å²) in [4.78, 5) is 25.7. The van der Waals surface area contributed by atoms with E-state index in [1.807, 2.05) is 24.0 Å². The molecular formula is C21H29N5O3. The minimum Gasteiger partial charge on any atom is -0.481 e. The number of likely N-dealkylation sites (tertiary alicyclic amines) is 1. The molecule has 8 nitrogen and oxygen atoms in total.